The average Bonchev–Trinajstić information content (AvgIpc) is 2.59. The first-order valence-electron chi connectivity index (χ1n) is 7.37. The van der Waals surface area contributed by atoms with E-state index in [9.17, 15) is 27.2 Å². The van der Waals surface area contributed by atoms with E-state index in [1.54, 1.807) is 11.4 Å². The highest BCUT2D eigenvalue weighted by Gasteiger charge is 2.28. The van der Waals surface area contributed by atoms with Gasteiger partial charge in [0, 0.05) is 4.90 Å². The van der Waals surface area contributed by atoms with Gasteiger partial charge in [-0.3, -0.25) is 9.59 Å². The van der Waals surface area contributed by atoms with Crippen molar-refractivity contribution >= 4 is 29.3 Å². The zero-order chi connectivity index (χ0) is 19.2. The molecule has 2 aromatic carbocycles. The van der Waals surface area contributed by atoms with Crippen LogP contribution in [-0.2, 0) is 4.79 Å². The zero-order valence-corrected chi connectivity index (χ0v) is 14.1. The van der Waals surface area contributed by atoms with Crippen LogP contribution in [-0.4, -0.2) is 30.3 Å². The van der Waals surface area contributed by atoms with Crippen LogP contribution in [0.4, 0.5) is 23.2 Å². The average molecular weight is 386 g/mol. The first-order valence-corrected chi connectivity index (χ1v) is 8.35. The van der Waals surface area contributed by atoms with Crippen molar-refractivity contribution in [1.29, 1.82) is 0 Å². The summed E-state index contributed by atoms with van der Waals surface area (Å²) in [5.41, 5.74) is 0.0359. The number of rotatable bonds is 6. The Morgan fingerprint density at radius 1 is 1.00 bits per heavy atom. The number of alkyl halides is 3. The van der Waals surface area contributed by atoms with Gasteiger partial charge in [0.15, 0.2) is 0 Å². The number of para-hydroxylation sites is 1. The van der Waals surface area contributed by atoms with Crippen LogP contribution >= 0.6 is 11.8 Å². The maximum absolute atomic E-state index is 12.8. The molecule has 0 saturated carbocycles. The largest absolute Gasteiger partial charge is 0.405 e. The normalized spacial score (nSPS) is 11.1. The fourth-order valence-electron chi connectivity index (χ4n) is 1.93. The molecule has 2 N–H and O–H groups in total. The quantitative estimate of drug-likeness (QED) is 0.586. The number of nitrogens with one attached hydrogen (secondary N) is 2. The van der Waals surface area contributed by atoms with Crippen LogP contribution in [0.1, 0.15) is 10.4 Å². The number of carbonyl (C=O) groups excluding carboxylic acids is 2. The smallest absolute Gasteiger partial charge is 0.343 e. The number of benzene rings is 2. The van der Waals surface area contributed by atoms with Crippen LogP contribution in [0.5, 0.6) is 0 Å². The second-order valence-corrected chi connectivity index (χ2v) is 6.18. The third-order valence-electron chi connectivity index (χ3n) is 3.08. The lowest BCUT2D eigenvalue weighted by Crippen LogP contribution is -2.34. The van der Waals surface area contributed by atoms with E-state index in [0.717, 1.165) is 11.8 Å². The maximum Gasteiger partial charge on any atom is 0.405 e. The Bertz CT molecular complexity index is 779. The summed E-state index contributed by atoms with van der Waals surface area (Å²) in [5, 5.41) is 4.25. The first kappa shape index (κ1) is 19.8. The predicted octanol–water partition coefficient (Wildman–Crippen LogP) is 3.85. The van der Waals surface area contributed by atoms with Crippen molar-refractivity contribution in [2.24, 2.45) is 0 Å². The molecule has 26 heavy (non-hydrogen) atoms. The highest BCUT2D eigenvalue weighted by atomic mass is 32.2. The summed E-state index contributed by atoms with van der Waals surface area (Å²) >= 11 is 1.16. The lowest BCUT2D eigenvalue weighted by atomic mass is 10.1. The van der Waals surface area contributed by atoms with Gasteiger partial charge in [-0.15, -0.1) is 11.8 Å². The van der Waals surface area contributed by atoms with E-state index >= 15 is 0 Å². The Hall–Kier alpha value is -2.55. The fourth-order valence-corrected chi connectivity index (χ4v) is 2.63. The van der Waals surface area contributed by atoms with Gasteiger partial charge in [-0.2, -0.15) is 13.2 Å². The van der Waals surface area contributed by atoms with Gasteiger partial charge < -0.3 is 10.6 Å². The number of anilines is 1. The number of carbonyl (C=O) groups is 2. The van der Waals surface area contributed by atoms with E-state index in [1.165, 1.54) is 42.5 Å². The molecule has 0 aliphatic rings. The Kier molecular flexibility index (Phi) is 6.62. The minimum atomic E-state index is -4.53. The molecular formula is C17H14F4N2O2S. The molecule has 138 valence electrons. The van der Waals surface area contributed by atoms with E-state index in [-0.39, 0.29) is 17.0 Å². The lowest BCUT2D eigenvalue weighted by Gasteiger charge is -2.12. The molecule has 0 heterocycles. The molecule has 4 nitrogen and oxygen atoms in total. The Morgan fingerprint density at radius 3 is 2.31 bits per heavy atom. The standard InChI is InChI=1S/C17H14F4N2O2S/c18-11-5-7-12(8-6-11)26-9-15(24)23-14-4-2-1-3-13(14)16(25)22-10-17(19,20)21/h1-8H,9-10H2,(H,22,25)(H,23,24). The number of hydrogen-bond acceptors (Lipinski definition) is 3. The molecule has 0 aromatic heterocycles. The van der Waals surface area contributed by atoms with Crippen LogP contribution in [0, 0.1) is 5.82 Å². The SMILES string of the molecule is O=C(CSc1ccc(F)cc1)Nc1ccccc1C(=O)NCC(F)(F)F. The molecule has 0 spiro atoms. The van der Waals surface area contributed by atoms with Crippen LogP contribution in [0.3, 0.4) is 0 Å². The third kappa shape index (κ3) is 6.40. The summed E-state index contributed by atoms with van der Waals surface area (Å²) < 4.78 is 49.5. The molecular weight excluding hydrogens is 372 g/mol. The van der Waals surface area contributed by atoms with Crippen molar-refractivity contribution in [1.82, 2.24) is 5.32 Å². The zero-order valence-electron chi connectivity index (χ0n) is 13.3. The van der Waals surface area contributed by atoms with Crippen LogP contribution in [0.2, 0.25) is 0 Å². The molecule has 2 amide bonds. The minimum Gasteiger partial charge on any atom is -0.343 e. The lowest BCUT2D eigenvalue weighted by molar-refractivity contribution is -0.123. The maximum atomic E-state index is 12.8. The van der Waals surface area contributed by atoms with Crippen molar-refractivity contribution < 1.29 is 27.2 Å². The van der Waals surface area contributed by atoms with Gasteiger partial charge >= 0.3 is 6.18 Å². The van der Waals surface area contributed by atoms with Gasteiger partial charge in [-0.25, -0.2) is 4.39 Å². The van der Waals surface area contributed by atoms with E-state index in [2.05, 4.69) is 5.32 Å². The second kappa shape index (κ2) is 8.70. The molecule has 0 radical (unpaired) electrons. The van der Waals surface area contributed by atoms with Gasteiger partial charge in [0.05, 0.1) is 17.0 Å². The Morgan fingerprint density at radius 2 is 1.65 bits per heavy atom. The number of thioether (sulfide) groups is 1. The van der Waals surface area contributed by atoms with E-state index in [4.69, 9.17) is 0 Å². The van der Waals surface area contributed by atoms with Crippen LogP contribution in [0.15, 0.2) is 53.4 Å². The van der Waals surface area contributed by atoms with E-state index in [1.807, 2.05) is 0 Å². The van der Waals surface area contributed by atoms with Crippen molar-refractivity contribution in [2.75, 3.05) is 17.6 Å². The summed E-state index contributed by atoms with van der Waals surface area (Å²) in [6.07, 6.45) is -4.53. The summed E-state index contributed by atoms with van der Waals surface area (Å²) in [6.45, 7) is -1.46. The van der Waals surface area contributed by atoms with Gasteiger partial charge in [0.2, 0.25) is 5.91 Å². The fraction of sp³-hybridized carbons (Fsp3) is 0.176. The van der Waals surface area contributed by atoms with Crippen molar-refractivity contribution in [3.63, 3.8) is 0 Å². The summed E-state index contributed by atoms with van der Waals surface area (Å²) in [5.74, 6) is -1.79. The minimum absolute atomic E-state index is 0.00978. The Balaban J connectivity index is 1.97. The molecule has 2 aromatic rings. The molecule has 0 fully saturated rings. The van der Waals surface area contributed by atoms with E-state index in [0.29, 0.717) is 4.90 Å². The van der Waals surface area contributed by atoms with E-state index < -0.39 is 30.4 Å². The second-order valence-electron chi connectivity index (χ2n) is 5.13. The molecule has 0 unspecified atom stereocenters. The van der Waals surface area contributed by atoms with Crippen molar-refractivity contribution in [3.8, 4) is 0 Å². The number of hydrogen-bond donors (Lipinski definition) is 2. The highest BCUT2D eigenvalue weighted by Crippen LogP contribution is 2.20. The first-order chi connectivity index (χ1) is 12.2. The predicted molar refractivity (Wildman–Crippen MR) is 90.6 cm³/mol. The van der Waals surface area contributed by atoms with Crippen molar-refractivity contribution in [3.05, 3.63) is 59.9 Å². The molecule has 0 aliphatic carbocycles. The summed E-state index contributed by atoms with van der Waals surface area (Å²) in [4.78, 5) is 24.6. The summed E-state index contributed by atoms with van der Waals surface area (Å²) in [7, 11) is 0. The number of halogens is 4. The summed E-state index contributed by atoms with van der Waals surface area (Å²) in [6, 6.07) is 11.3. The molecule has 0 atom stereocenters. The third-order valence-corrected chi connectivity index (χ3v) is 4.09. The van der Waals surface area contributed by atoms with Gasteiger partial charge in [-0.1, -0.05) is 12.1 Å². The van der Waals surface area contributed by atoms with Gasteiger partial charge in [-0.05, 0) is 36.4 Å². The number of amides is 2. The molecule has 0 bridgehead atoms. The molecule has 2 rings (SSSR count). The molecule has 0 aliphatic heterocycles. The van der Waals surface area contributed by atoms with Crippen LogP contribution < -0.4 is 10.6 Å². The van der Waals surface area contributed by atoms with Gasteiger partial charge in [0.25, 0.3) is 5.91 Å². The molecule has 0 saturated heterocycles. The highest BCUT2D eigenvalue weighted by molar-refractivity contribution is 8.00. The van der Waals surface area contributed by atoms with Gasteiger partial charge in [0.1, 0.15) is 12.4 Å². The topological polar surface area (TPSA) is 58.2 Å². The van der Waals surface area contributed by atoms with Crippen molar-refractivity contribution in [2.45, 2.75) is 11.1 Å². The van der Waals surface area contributed by atoms with Crippen LogP contribution in [0.25, 0.3) is 0 Å². The monoisotopic (exact) mass is 386 g/mol. The Labute approximate surface area is 151 Å². The molecule has 9 heteroatoms.